The van der Waals surface area contributed by atoms with Crippen molar-refractivity contribution in [3.63, 3.8) is 0 Å². The maximum Gasteiger partial charge on any atom is 0.408 e. The third-order valence-corrected chi connectivity index (χ3v) is 5.06. The molecule has 3 rings (SSSR count). The van der Waals surface area contributed by atoms with Crippen molar-refractivity contribution in [2.24, 2.45) is 5.92 Å². The molecule has 1 heterocycles. The highest BCUT2D eigenvalue weighted by molar-refractivity contribution is 6.31. The Morgan fingerprint density at radius 2 is 1.81 bits per heavy atom. The summed E-state index contributed by atoms with van der Waals surface area (Å²) in [5.74, 6) is 0.367. The molecule has 1 atom stereocenters. The van der Waals surface area contributed by atoms with Gasteiger partial charge in [-0.15, -0.1) is 0 Å². The van der Waals surface area contributed by atoms with E-state index in [4.69, 9.17) is 20.8 Å². The first-order chi connectivity index (χ1) is 14.5. The number of halogens is 1. The molecule has 0 bridgehead atoms. The Balaban J connectivity index is 2.15. The van der Waals surface area contributed by atoms with Crippen LogP contribution < -0.4 is 10.7 Å². The second-order valence-corrected chi connectivity index (χ2v) is 9.38. The first-order valence-corrected chi connectivity index (χ1v) is 10.7. The molecule has 3 aromatic rings. The smallest absolute Gasteiger partial charge is 0.408 e. The third-order valence-electron chi connectivity index (χ3n) is 4.82. The number of amides is 1. The predicted octanol–water partition coefficient (Wildman–Crippen LogP) is 6.26. The fourth-order valence-electron chi connectivity index (χ4n) is 3.41. The summed E-state index contributed by atoms with van der Waals surface area (Å²) in [5.41, 5.74) is 1.10. The largest absolute Gasteiger partial charge is 0.458 e. The summed E-state index contributed by atoms with van der Waals surface area (Å²) in [4.78, 5) is 26.0. The number of benzene rings is 2. The van der Waals surface area contributed by atoms with E-state index in [-0.39, 0.29) is 11.3 Å². The summed E-state index contributed by atoms with van der Waals surface area (Å²) in [6.45, 7) is 9.31. The molecule has 0 aliphatic rings. The quantitative estimate of drug-likeness (QED) is 0.507. The normalized spacial score (nSPS) is 12.7. The Morgan fingerprint density at radius 1 is 1.13 bits per heavy atom. The van der Waals surface area contributed by atoms with Crippen LogP contribution in [0.2, 0.25) is 5.02 Å². The monoisotopic (exact) mass is 441 g/mol. The van der Waals surface area contributed by atoms with Crippen molar-refractivity contribution in [2.75, 3.05) is 0 Å². The summed E-state index contributed by atoms with van der Waals surface area (Å²) in [5, 5.41) is 3.82. The molecule has 6 heteroatoms. The second kappa shape index (κ2) is 9.15. The Morgan fingerprint density at radius 3 is 2.42 bits per heavy atom. The molecule has 0 radical (unpaired) electrons. The standard InChI is InChI=1S/C25H28ClNO4/c1-15(2)21(27-24(29)31-25(3,4)5)23-19(13-16-9-7-6-8-10-16)22(28)18-12-11-17(26)14-20(18)30-23/h6-12,14-15,21H,13H2,1-5H3,(H,27,29). The number of alkyl carbamates (subject to hydrolysis) is 1. The van der Waals surface area contributed by atoms with E-state index >= 15 is 0 Å². The molecule has 0 fully saturated rings. The lowest BCUT2D eigenvalue weighted by Crippen LogP contribution is -2.37. The molecule has 31 heavy (non-hydrogen) atoms. The van der Waals surface area contributed by atoms with Gasteiger partial charge in [0.25, 0.3) is 0 Å². The molecule has 2 aromatic carbocycles. The molecule has 0 aliphatic carbocycles. The minimum atomic E-state index is -0.643. The molecule has 0 aliphatic heterocycles. The third kappa shape index (κ3) is 5.67. The SMILES string of the molecule is CC(C)C(NC(=O)OC(C)(C)C)c1oc2cc(Cl)ccc2c(=O)c1Cc1ccccc1. The minimum absolute atomic E-state index is 0.0539. The first-order valence-electron chi connectivity index (χ1n) is 10.3. The number of carbonyl (C=O) groups excluding carboxylic acids is 1. The van der Waals surface area contributed by atoms with Crippen LogP contribution >= 0.6 is 11.6 Å². The first kappa shape index (κ1) is 22.9. The molecule has 0 spiro atoms. The van der Waals surface area contributed by atoms with Crippen molar-refractivity contribution in [1.29, 1.82) is 0 Å². The van der Waals surface area contributed by atoms with Crippen LogP contribution in [0.3, 0.4) is 0 Å². The number of hydrogen-bond acceptors (Lipinski definition) is 4. The molecule has 164 valence electrons. The molecule has 1 unspecified atom stereocenters. The summed E-state index contributed by atoms with van der Waals surface area (Å²) >= 11 is 6.14. The number of carbonyl (C=O) groups is 1. The van der Waals surface area contributed by atoms with Gasteiger partial charge in [0, 0.05) is 23.1 Å². The summed E-state index contributed by atoms with van der Waals surface area (Å²) < 4.78 is 11.7. The fourth-order valence-corrected chi connectivity index (χ4v) is 3.57. The van der Waals surface area contributed by atoms with Crippen LogP contribution in [0.4, 0.5) is 4.79 Å². The van der Waals surface area contributed by atoms with E-state index in [1.165, 1.54) is 0 Å². The lowest BCUT2D eigenvalue weighted by Gasteiger charge is -2.26. The zero-order chi connectivity index (χ0) is 22.8. The highest BCUT2D eigenvalue weighted by atomic mass is 35.5. The highest BCUT2D eigenvalue weighted by Crippen LogP contribution is 2.29. The molecule has 0 saturated heterocycles. The van der Waals surface area contributed by atoms with Crippen molar-refractivity contribution in [3.05, 3.63) is 80.7 Å². The van der Waals surface area contributed by atoms with Gasteiger partial charge in [-0.3, -0.25) is 4.79 Å². The maximum atomic E-state index is 13.5. The number of nitrogens with one attached hydrogen (secondary N) is 1. The van der Waals surface area contributed by atoms with Crippen LogP contribution in [0.1, 0.15) is 57.5 Å². The topological polar surface area (TPSA) is 68.5 Å². The van der Waals surface area contributed by atoms with Gasteiger partial charge in [0.15, 0.2) is 5.43 Å². The number of rotatable bonds is 5. The van der Waals surface area contributed by atoms with Gasteiger partial charge < -0.3 is 14.5 Å². The molecular formula is C25H28ClNO4. The van der Waals surface area contributed by atoms with Crippen LogP contribution in [0.15, 0.2) is 57.7 Å². The zero-order valence-corrected chi connectivity index (χ0v) is 19.2. The van der Waals surface area contributed by atoms with Crippen molar-refractivity contribution >= 4 is 28.7 Å². The van der Waals surface area contributed by atoms with E-state index < -0.39 is 17.7 Å². The van der Waals surface area contributed by atoms with E-state index in [0.29, 0.717) is 33.7 Å². The number of ether oxygens (including phenoxy) is 1. The van der Waals surface area contributed by atoms with Gasteiger partial charge in [-0.1, -0.05) is 55.8 Å². The Labute approximate surface area is 187 Å². The highest BCUT2D eigenvalue weighted by Gasteiger charge is 2.28. The lowest BCUT2D eigenvalue weighted by atomic mass is 9.93. The zero-order valence-electron chi connectivity index (χ0n) is 18.5. The molecular weight excluding hydrogens is 414 g/mol. The summed E-state index contributed by atoms with van der Waals surface area (Å²) in [6.07, 6.45) is -0.179. The van der Waals surface area contributed by atoms with E-state index in [9.17, 15) is 9.59 Å². The predicted molar refractivity (Wildman–Crippen MR) is 124 cm³/mol. The summed E-state index contributed by atoms with van der Waals surface area (Å²) in [7, 11) is 0. The summed E-state index contributed by atoms with van der Waals surface area (Å²) in [6, 6.07) is 14.1. The number of fused-ring (bicyclic) bond motifs is 1. The average Bonchev–Trinajstić information content (AvgIpc) is 2.67. The van der Waals surface area contributed by atoms with Gasteiger partial charge in [-0.25, -0.2) is 4.79 Å². The van der Waals surface area contributed by atoms with E-state index in [1.807, 2.05) is 44.2 Å². The Bertz CT molecular complexity index is 1130. The van der Waals surface area contributed by atoms with Gasteiger partial charge in [0.1, 0.15) is 16.9 Å². The molecule has 1 aromatic heterocycles. The van der Waals surface area contributed by atoms with Gasteiger partial charge in [-0.05, 0) is 44.4 Å². The number of hydrogen-bond donors (Lipinski definition) is 1. The van der Waals surface area contributed by atoms with Crippen molar-refractivity contribution < 1.29 is 13.9 Å². The lowest BCUT2D eigenvalue weighted by molar-refractivity contribution is 0.0481. The van der Waals surface area contributed by atoms with Gasteiger partial charge in [0.2, 0.25) is 0 Å². The van der Waals surface area contributed by atoms with Crippen LogP contribution in [0, 0.1) is 5.92 Å². The molecule has 1 N–H and O–H groups in total. The van der Waals surface area contributed by atoms with Gasteiger partial charge >= 0.3 is 6.09 Å². The van der Waals surface area contributed by atoms with Crippen LogP contribution in [0.25, 0.3) is 11.0 Å². The molecule has 0 saturated carbocycles. The van der Waals surface area contributed by atoms with E-state index in [2.05, 4.69) is 5.32 Å². The van der Waals surface area contributed by atoms with Crippen LogP contribution in [0.5, 0.6) is 0 Å². The van der Waals surface area contributed by atoms with Crippen LogP contribution in [-0.2, 0) is 11.2 Å². The van der Waals surface area contributed by atoms with E-state index in [0.717, 1.165) is 5.56 Å². The molecule has 1 amide bonds. The van der Waals surface area contributed by atoms with Crippen molar-refractivity contribution in [3.8, 4) is 0 Å². The average molecular weight is 442 g/mol. The Hall–Kier alpha value is -2.79. The van der Waals surface area contributed by atoms with Gasteiger partial charge in [-0.2, -0.15) is 0 Å². The minimum Gasteiger partial charge on any atom is -0.458 e. The Kier molecular flexibility index (Phi) is 6.75. The maximum absolute atomic E-state index is 13.5. The molecule has 5 nitrogen and oxygen atoms in total. The second-order valence-electron chi connectivity index (χ2n) is 8.94. The van der Waals surface area contributed by atoms with E-state index in [1.54, 1.807) is 39.0 Å². The van der Waals surface area contributed by atoms with Crippen molar-refractivity contribution in [1.82, 2.24) is 5.32 Å². The van der Waals surface area contributed by atoms with Gasteiger partial charge in [0.05, 0.1) is 11.4 Å². The fraction of sp³-hybridized carbons (Fsp3) is 0.360. The van der Waals surface area contributed by atoms with Crippen LogP contribution in [-0.4, -0.2) is 11.7 Å². The van der Waals surface area contributed by atoms with Crippen molar-refractivity contribution in [2.45, 2.75) is 52.7 Å².